The number of ether oxygens (including phenoxy) is 1. The monoisotopic (exact) mass is 481 g/mol. The lowest BCUT2D eigenvalue weighted by Gasteiger charge is -2.42. The number of methoxy groups -OCH3 is 1. The van der Waals surface area contributed by atoms with Gasteiger partial charge in [0.2, 0.25) is 17.7 Å². The van der Waals surface area contributed by atoms with E-state index in [-0.39, 0.29) is 17.7 Å². The van der Waals surface area contributed by atoms with Crippen molar-refractivity contribution in [1.82, 2.24) is 15.1 Å². The highest BCUT2D eigenvalue weighted by molar-refractivity contribution is 6.30. The van der Waals surface area contributed by atoms with Crippen LogP contribution in [0.1, 0.15) is 36.9 Å². The first-order valence-electron chi connectivity index (χ1n) is 11.7. The van der Waals surface area contributed by atoms with Gasteiger partial charge < -0.3 is 9.64 Å². The SMILES string of the molecule is CCN1C(=O)[C@H]2[C@@H](c3ccc(OC)cc3)N[C@]3(CCCN(Cc4ccc(Cl)cc4)C3=O)[C@H]2C1=O. The van der Waals surface area contributed by atoms with Gasteiger partial charge in [-0.05, 0) is 55.2 Å². The smallest absolute Gasteiger partial charge is 0.244 e. The van der Waals surface area contributed by atoms with Crippen molar-refractivity contribution in [1.29, 1.82) is 0 Å². The summed E-state index contributed by atoms with van der Waals surface area (Å²) >= 11 is 6.02. The first-order valence-corrected chi connectivity index (χ1v) is 12.1. The maximum absolute atomic E-state index is 14.0. The largest absolute Gasteiger partial charge is 0.497 e. The molecule has 5 rings (SSSR count). The van der Waals surface area contributed by atoms with Crippen LogP contribution in [0.3, 0.4) is 0 Å². The fourth-order valence-electron chi connectivity index (χ4n) is 5.90. The van der Waals surface area contributed by atoms with E-state index in [1.54, 1.807) is 18.9 Å². The predicted molar refractivity (Wildman–Crippen MR) is 127 cm³/mol. The predicted octanol–water partition coefficient (Wildman–Crippen LogP) is 3.18. The summed E-state index contributed by atoms with van der Waals surface area (Å²) in [6.45, 7) is 3.15. The highest BCUT2D eigenvalue weighted by Crippen LogP contribution is 2.52. The first-order chi connectivity index (χ1) is 16.4. The Hall–Kier alpha value is -2.90. The quantitative estimate of drug-likeness (QED) is 0.663. The van der Waals surface area contributed by atoms with Gasteiger partial charge in [-0.15, -0.1) is 0 Å². The van der Waals surface area contributed by atoms with Gasteiger partial charge in [0.15, 0.2) is 0 Å². The number of nitrogens with one attached hydrogen (secondary N) is 1. The average Bonchev–Trinajstić information content (AvgIpc) is 3.32. The van der Waals surface area contributed by atoms with Gasteiger partial charge in [-0.25, -0.2) is 0 Å². The number of carbonyl (C=O) groups excluding carboxylic acids is 3. The molecule has 0 aromatic heterocycles. The van der Waals surface area contributed by atoms with E-state index in [0.29, 0.717) is 36.8 Å². The van der Waals surface area contributed by atoms with E-state index in [9.17, 15) is 14.4 Å². The Morgan fingerprint density at radius 1 is 1.06 bits per heavy atom. The number of amides is 3. The van der Waals surface area contributed by atoms with Crippen molar-refractivity contribution in [2.24, 2.45) is 11.8 Å². The minimum Gasteiger partial charge on any atom is -0.497 e. The standard InChI is InChI=1S/C26H28ClN3O4/c1-3-30-23(31)20-21(24(30)32)26(28-22(20)17-7-11-19(34-2)12-8-17)13-4-14-29(25(26)33)15-16-5-9-18(27)10-6-16/h5-12,20-22,28H,3-4,13-15H2,1-2H3/t20-,21-,22-,26-/m1/s1. The van der Waals surface area contributed by atoms with E-state index in [1.165, 1.54) is 4.90 Å². The number of benzene rings is 2. The zero-order valence-corrected chi connectivity index (χ0v) is 20.0. The molecule has 3 aliphatic rings. The maximum atomic E-state index is 14.0. The summed E-state index contributed by atoms with van der Waals surface area (Å²) in [7, 11) is 1.60. The molecule has 0 saturated carbocycles. The minimum absolute atomic E-state index is 0.112. The highest BCUT2D eigenvalue weighted by atomic mass is 35.5. The molecule has 8 heteroatoms. The fourth-order valence-corrected chi connectivity index (χ4v) is 6.02. The Morgan fingerprint density at radius 2 is 1.76 bits per heavy atom. The van der Waals surface area contributed by atoms with Crippen molar-refractivity contribution in [2.45, 2.75) is 37.9 Å². The number of rotatable bonds is 5. The van der Waals surface area contributed by atoms with Gasteiger partial charge in [0.1, 0.15) is 11.3 Å². The van der Waals surface area contributed by atoms with Crippen LogP contribution in [0.4, 0.5) is 0 Å². The third kappa shape index (κ3) is 3.49. The van der Waals surface area contributed by atoms with Crippen LogP contribution in [-0.2, 0) is 20.9 Å². The van der Waals surface area contributed by atoms with Crippen LogP contribution in [0.15, 0.2) is 48.5 Å². The molecular formula is C26H28ClN3O4. The normalized spacial score (nSPS) is 28.7. The van der Waals surface area contributed by atoms with Crippen LogP contribution in [0.2, 0.25) is 5.02 Å². The lowest BCUT2D eigenvalue weighted by molar-refractivity contribution is -0.150. The summed E-state index contributed by atoms with van der Waals surface area (Å²) in [6.07, 6.45) is 1.27. The molecule has 3 saturated heterocycles. The Morgan fingerprint density at radius 3 is 2.41 bits per heavy atom. The number of halogens is 1. The summed E-state index contributed by atoms with van der Waals surface area (Å²) < 4.78 is 5.28. The van der Waals surface area contributed by atoms with Crippen LogP contribution in [-0.4, -0.2) is 53.3 Å². The first kappa shape index (κ1) is 22.9. The van der Waals surface area contributed by atoms with Crippen molar-refractivity contribution >= 4 is 29.3 Å². The molecule has 1 spiro atoms. The van der Waals surface area contributed by atoms with Crippen molar-refractivity contribution in [3.63, 3.8) is 0 Å². The van der Waals surface area contributed by atoms with Crippen molar-refractivity contribution in [3.05, 3.63) is 64.7 Å². The Kier molecular flexibility index (Phi) is 5.86. The van der Waals surface area contributed by atoms with Crippen molar-refractivity contribution < 1.29 is 19.1 Å². The Labute approximate surface area is 204 Å². The van der Waals surface area contributed by atoms with Gasteiger partial charge >= 0.3 is 0 Å². The summed E-state index contributed by atoms with van der Waals surface area (Å²) in [6, 6.07) is 14.5. The zero-order chi connectivity index (χ0) is 24.0. The van der Waals surface area contributed by atoms with Crippen LogP contribution in [0.5, 0.6) is 5.75 Å². The van der Waals surface area contributed by atoms with Gasteiger partial charge in [0.05, 0.1) is 18.9 Å². The van der Waals surface area contributed by atoms with E-state index in [2.05, 4.69) is 5.32 Å². The summed E-state index contributed by atoms with van der Waals surface area (Å²) in [5.74, 6) is -1.18. The van der Waals surface area contributed by atoms with Crippen LogP contribution >= 0.6 is 11.6 Å². The number of likely N-dealkylation sites (tertiary alicyclic amines) is 2. The Balaban J connectivity index is 1.52. The van der Waals surface area contributed by atoms with Crippen LogP contribution in [0.25, 0.3) is 0 Å². The van der Waals surface area contributed by atoms with Gasteiger partial charge in [0.25, 0.3) is 0 Å². The molecule has 0 aliphatic carbocycles. The molecule has 0 unspecified atom stereocenters. The number of imide groups is 1. The van der Waals surface area contributed by atoms with E-state index in [4.69, 9.17) is 16.3 Å². The second-order valence-electron chi connectivity index (χ2n) is 9.25. The lowest BCUT2D eigenvalue weighted by atomic mass is 9.74. The fraction of sp³-hybridized carbons (Fsp3) is 0.423. The molecule has 4 atom stereocenters. The van der Waals surface area contributed by atoms with E-state index in [0.717, 1.165) is 17.5 Å². The summed E-state index contributed by atoms with van der Waals surface area (Å²) in [4.78, 5) is 44.0. The van der Waals surface area contributed by atoms with Gasteiger partial charge in [-0.3, -0.25) is 24.6 Å². The van der Waals surface area contributed by atoms with Gasteiger partial charge in [0, 0.05) is 30.7 Å². The zero-order valence-electron chi connectivity index (χ0n) is 19.3. The van der Waals surface area contributed by atoms with Crippen LogP contribution < -0.4 is 10.1 Å². The third-order valence-corrected chi connectivity index (χ3v) is 7.74. The number of nitrogens with zero attached hydrogens (tertiary/aromatic N) is 2. The molecule has 3 fully saturated rings. The maximum Gasteiger partial charge on any atom is 0.244 e. The molecule has 2 aromatic rings. The Bertz CT molecular complexity index is 1120. The van der Waals surface area contributed by atoms with Crippen molar-refractivity contribution in [2.75, 3.05) is 20.2 Å². The number of hydrogen-bond acceptors (Lipinski definition) is 5. The summed E-state index contributed by atoms with van der Waals surface area (Å²) in [5.41, 5.74) is 0.742. The molecule has 3 amide bonds. The molecule has 0 bridgehead atoms. The van der Waals surface area contributed by atoms with E-state index in [1.807, 2.05) is 48.5 Å². The number of hydrogen-bond donors (Lipinski definition) is 1. The molecule has 0 radical (unpaired) electrons. The van der Waals surface area contributed by atoms with Crippen molar-refractivity contribution in [3.8, 4) is 5.75 Å². The lowest BCUT2D eigenvalue weighted by Crippen LogP contribution is -2.63. The molecule has 178 valence electrons. The molecule has 3 heterocycles. The van der Waals surface area contributed by atoms with Gasteiger partial charge in [-0.1, -0.05) is 35.9 Å². The van der Waals surface area contributed by atoms with E-state index >= 15 is 0 Å². The molecule has 7 nitrogen and oxygen atoms in total. The molecule has 3 aliphatic heterocycles. The third-order valence-electron chi connectivity index (χ3n) is 7.49. The molecule has 1 N–H and O–H groups in total. The minimum atomic E-state index is -1.10. The molecule has 34 heavy (non-hydrogen) atoms. The number of fused-ring (bicyclic) bond motifs is 2. The van der Waals surface area contributed by atoms with E-state index < -0.39 is 23.4 Å². The highest BCUT2D eigenvalue weighted by Gasteiger charge is 2.68. The topological polar surface area (TPSA) is 79.0 Å². The summed E-state index contributed by atoms with van der Waals surface area (Å²) in [5, 5.41) is 4.16. The van der Waals surface area contributed by atoms with Gasteiger partial charge in [-0.2, -0.15) is 0 Å². The number of carbonyl (C=O) groups is 3. The average molecular weight is 482 g/mol. The molecule has 2 aromatic carbocycles. The molecular weight excluding hydrogens is 454 g/mol. The second-order valence-corrected chi connectivity index (χ2v) is 9.68. The van der Waals surface area contributed by atoms with Crippen LogP contribution in [0, 0.1) is 11.8 Å². The second kappa shape index (κ2) is 8.71. The number of piperidine rings is 1.